The number of carbonyl (C=O) groups is 4. The topological polar surface area (TPSA) is 80.8 Å². The minimum atomic E-state index is -2.07. The number of Topliss-reactive ketones (excluding diaryl/α,β-unsaturated/α-hetero) is 2. The van der Waals surface area contributed by atoms with Gasteiger partial charge in [-0.3, -0.25) is 19.2 Å². The molecule has 4 aromatic rings. The number of carbonyl (C=O) groups excluding carboxylic acids is 4. The number of amides is 2. The molecule has 4 aromatic carbocycles. The molecule has 2 fully saturated rings. The van der Waals surface area contributed by atoms with Gasteiger partial charge in [-0.05, 0) is 23.9 Å². The fourth-order valence-corrected chi connectivity index (χ4v) is 6.31. The lowest BCUT2D eigenvalue weighted by Crippen LogP contribution is -2.51. The molecule has 2 saturated heterocycles. The fourth-order valence-electron chi connectivity index (χ4n) is 6.31. The van der Waals surface area contributed by atoms with E-state index in [0.29, 0.717) is 11.3 Å². The molecule has 6 nitrogen and oxygen atoms in total. The molecular weight excluding hydrogens is 466 g/mol. The van der Waals surface area contributed by atoms with E-state index in [1.54, 1.807) is 36.4 Å². The average Bonchev–Trinajstić information content (AvgIpc) is 3.48. The van der Waals surface area contributed by atoms with E-state index in [2.05, 4.69) is 0 Å². The Bertz CT molecular complexity index is 1650. The van der Waals surface area contributed by atoms with Crippen molar-refractivity contribution in [2.24, 2.45) is 11.8 Å². The van der Waals surface area contributed by atoms with E-state index in [9.17, 15) is 19.2 Å². The normalized spacial score (nSPS) is 23.8. The Morgan fingerprint density at radius 2 is 1.38 bits per heavy atom. The van der Waals surface area contributed by atoms with E-state index in [1.807, 2.05) is 61.5 Å². The zero-order valence-electron chi connectivity index (χ0n) is 19.9. The Hall–Kier alpha value is -4.42. The van der Waals surface area contributed by atoms with Gasteiger partial charge in [0, 0.05) is 16.5 Å². The van der Waals surface area contributed by atoms with Gasteiger partial charge in [-0.25, -0.2) is 4.90 Å². The highest BCUT2D eigenvalue weighted by molar-refractivity contribution is 6.37. The van der Waals surface area contributed by atoms with Gasteiger partial charge in [-0.15, -0.1) is 0 Å². The Balaban J connectivity index is 1.45. The van der Waals surface area contributed by atoms with Crippen LogP contribution in [-0.4, -0.2) is 29.0 Å². The number of fused-ring (bicyclic) bond motifs is 4. The number of ether oxygens (including phenoxy) is 1. The second-order valence-corrected chi connectivity index (χ2v) is 9.91. The van der Waals surface area contributed by atoms with Crippen LogP contribution in [0.1, 0.15) is 37.9 Å². The highest BCUT2D eigenvalue weighted by atomic mass is 16.5. The smallest absolute Gasteiger partial charge is 0.241 e. The third-order valence-electron chi connectivity index (χ3n) is 7.90. The third kappa shape index (κ3) is 2.73. The number of ketones is 2. The van der Waals surface area contributed by atoms with E-state index < -0.39 is 46.9 Å². The Kier molecular flexibility index (Phi) is 4.45. The fraction of sp³-hybridized carbons (Fsp3) is 0.161. The molecule has 0 radical (unpaired) electrons. The molecule has 7 rings (SSSR count). The first-order valence-electron chi connectivity index (χ1n) is 12.2. The van der Waals surface area contributed by atoms with Crippen LogP contribution >= 0.6 is 0 Å². The molecule has 2 aliphatic heterocycles. The van der Waals surface area contributed by atoms with Gasteiger partial charge >= 0.3 is 0 Å². The van der Waals surface area contributed by atoms with Crippen molar-refractivity contribution in [1.82, 2.24) is 0 Å². The molecule has 180 valence electrons. The second-order valence-electron chi connectivity index (χ2n) is 9.91. The maximum Gasteiger partial charge on any atom is 0.241 e. The quantitative estimate of drug-likeness (QED) is 0.299. The molecule has 0 N–H and O–H groups in total. The molecule has 1 aliphatic carbocycles. The van der Waals surface area contributed by atoms with E-state index in [4.69, 9.17) is 4.74 Å². The number of hydrogen-bond acceptors (Lipinski definition) is 5. The molecule has 1 spiro atoms. The van der Waals surface area contributed by atoms with Crippen molar-refractivity contribution in [1.29, 1.82) is 0 Å². The summed E-state index contributed by atoms with van der Waals surface area (Å²) >= 11 is 0. The molecular formula is C31H21NO5. The lowest BCUT2D eigenvalue weighted by atomic mass is 9.77. The molecule has 37 heavy (non-hydrogen) atoms. The van der Waals surface area contributed by atoms with Crippen LogP contribution in [-0.2, 0) is 14.3 Å². The Labute approximate surface area is 212 Å². The summed E-state index contributed by atoms with van der Waals surface area (Å²) in [6, 6.07) is 26.9. The predicted molar refractivity (Wildman–Crippen MR) is 136 cm³/mol. The minimum Gasteiger partial charge on any atom is -0.349 e. The summed E-state index contributed by atoms with van der Waals surface area (Å²) in [5, 5.41) is 1.61. The first kappa shape index (κ1) is 21.8. The lowest BCUT2D eigenvalue weighted by Gasteiger charge is -2.27. The highest BCUT2D eigenvalue weighted by Crippen LogP contribution is 2.58. The maximum atomic E-state index is 14.2. The van der Waals surface area contributed by atoms with Gasteiger partial charge in [0.25, 0.3) is 0 Å². The number of benzene rings is 4. The number of nitrogens with zero attached hydrogens (tertiary/aromatic N) is 1. The van der Waals surface area contributed by atoms with E-state index in [0.717, 1.165) is 21.2 Å². The Morgan fingerprint density at radius 3 is 2.11 bits per heavy atom. The van der Waals surface area contributed by atoms with Crippen LogP contribution in [0.4, 0.5) is 5.69 Å². The van der Waals surface area contributed by atoms with Crippen molar-refractivity contribution in [3.8, 4) is 0 Å². The van der Waals surface area contributed by atoms with Crippen LogP contribution < -0.4 is 4.90 Å². The summed E-state index contributed by atoms with van der Waals surface area (Å²) in [7, 11) is 0. The van der Waals surface area contributed by atoms with Gasteiger partial charge in [-0.2, -0.15) is 0 Å². The summed E-state index contributed by atoms with van der Waals surface area (Å²) < 4.78 is 6.37. The van der Waals surface area contributed by atoms with Crippen LogP contribution in [0.3, 0.4) is 0 Å². The SMILES string of the molecule is Cc1cccc([C@H]2OC3(C(=O)c4ccccc4C3=O)[C@@H]3C(=O)N(c4cccc5ccccc45)C(=O)[C@@H]23)c1. The Morgan fingerprint density at radius 1 is 0.730 bits per heavy atom. The molecule has 0 unspecified atom stereocenters. The highest BCUT2D eigenvalue weighted by Gasteiger charge is 2.74. The predicted octanol–water partition coefficient (Wildman–Crippen LogP) is 4.84. The van der Waals surface area contributed by atoms with Gasteiger partial charge < -0.3 is 4.74 Å². The van der Waals surface area contributed by atoms with E-state index in [-0.39, 0.29) is 11.1 Å². The zero-order valence-corrected chi connectivity index (χ0v) is 19.9. The largest absolute Gasteiger partial charge is 0.349 e. The number of hydrogen-bond donors (Lipinski definition) is 0. The lowest BCUT2D eigenvalue weighted by molar-refractivity contribution is -0.127. The van der Waals surface area contributed by atoms with Crippen LogP contribution in [0.25, 0.3) is 10.8 Å². The van der Waals surface area contributed by atoms with Crippen LogP contribution in [0, 0.1) is 18.8 Å². The van der Waals surface area contributed by atoms with Crippen LogP contribution in [0.15, 0.2) is 91.0 Å². The molecule has 2 heterocycles. The van der Waals surface area contributed by atoms with Crippen molar-refractivity contribution >= 4 is 39.8 Å². The summed E-state index contributed by atoms with van der Waals surface area (Å²) in [5.74, 6) is -4.45. The number of aryl methyl sites for hydroxylation is 1. The summed E-state index contributed by atoms with van der Waals surface area (Å²) in [6.07, 6.45) is -0.927. The summed E-state index contributed by atoms with van der Waals surface area (Å²) in [5.41, 5.74) is 0.406. The minimum absolute atomic E-state index is 0.222. The van der Waals surface area contributed by atoms with Gasteiger partial charge in [0.05, 0.1) is 23.6 Å². The van der Waals surface area contributed by atoms with Gasteiger partial charge in [-0.1, -0.05) is 90.5 Å². The number of imide groups is 1. The average molecular weight is 488 g/mol. The van der Waals surface area contributed by atoms with Crippen molar-refractivity contribution in [2.75, 3.05) is 4.90 Å². The van der Waals surface area contributed by atoms with Crippen LogP contribution in [0.2, 0.25) is 0 Å². The van der Waals surface area contributed by atoms with Gasteiger partial charge in [0.1, 0.15) is 0 Å². The molecule has 3 atom stereocenters. The molecule has 0 aromatic heterocycles. The first-order valence-corrected chi connectivity index (χ1v) is 12.2. The third-order valence-corrected chi connectivity index (χ3v) is 7.90. The second kappa shape index (κ2) is 7.54. The molecule has 0 saturated carbocycles. The zero-order chi connectivity index (χ0) is 25.5. The first-order chi connectivity index (χ1) is 17.9. The van der Waals surface area contributed by atoms with E-state index >= 15 is 0 Å². The number of rotatable bonds is 2. The van der Waals surface area contributed by atoms with E-state index in [1.165, 1.54) is 0 Å². The van der Waals surface area contributed by atoms with Gasteiger partial charge in [0.15, 0.2) is 0 Å². The van der Waals surface area contributed by atoms with Crippen molar-refractivity contribution in [2.45, 2.75) is 18.6 Å². The maximum absolute atomic E-state index is 14.2. The van der Waals surface area contributed by atoms with Crippen molar-refractivity contribution < 1.29 is 23.9 Å². The summed E-state index contributed by atoms with van der Waals surface area (Å²) in [4.78, 5) is 57.3. The monoisotopic (exact) mass is 487 g/mol. The van der Waals surface area contributed by atoms with Crippen LogP contribution in [0.5, 0.6) is 0 Å². The molecule has 6 heteroatoms. The number of anilines is 1. The van der Waals surface area contributed by atoms with Crippen molar-refractivity contribution in [3.63, 3.8) is 0 Å². The van der Waals surface area contributed by atoms with Crippen molar-refractivity contribution in [3.05, 3.63) is 113 Å². The summed E-state index contributed by atoms with van der Waals surface area (Å²) in [6.45, 7) is 1.91. The standard InChI is InChI=1S/C31H21NO5/c1-17-8-6-11-19(16-17)26-24-25(31(37-26)27(33)21-13-4-5-14-22(21)28(31)34)30(36)32(29(24)35)23-15-7-10-18-9-2-3-12-20(18)23/h2-16,24-26H,1H3/t24-,25+,26-/m1/s1. The molecule has 3 aliphatic rings. The van der Waals surface area contributed by atoms with Gasteiger partial charge in [0.2, 0.25) is 29.0 Å². The molecule has 2 amide bonds. The molecule has 0 bridgehead atoms.